The topological polar surface area (TPSA) is 54.0 Å². The van der Waals surface area contributed by atoms with Crippen LogP contribution in [0.4, 0.5) is 11.4 Å². The molecule has 0 bridgehead atoms. The number of anilines is 2. The molecule has 0 radical (unpaired) electrons. The van der Waals surface area contributed by atoms with E-state index in [1.54, 1.807) is 18.5 Å². The molecule has 1 heterocycles. The third-order valence-electron chi connectivity index (χ3n) is 2.81. The quantitative estimate of drug-likeness (QED) is 0.749. The SMILES string of the molecule is CCCNc1cnccc1C(=O)Nc1ccc(Br)cc1Br. The van der Waals surface area contributed by atoms with Crippen LogP contribution in [0.3, 0.4) is 0 Å². The molecule has 0 unspecified atom stereocenters. The van der Waals surface area contributed by atoms with Gasteiger partial charge in [-0.2, -0.15) is 0 Å². The normalized spacial score (nSPS) is 10.2. The lowest BCUT2D eigenvalue weighted by Gasteiger charge is -2.12. The number of carbonyl (C=O) groups excluding carboxylic acids is 1. The van der Waals surface area contributed by atoms with Gasteiger partial charge in [0.1, 0.15) is 0 Å². The summed E-state index contributed by atoms with van der Waals surface area (Å²) in [6.45, 7) is 2.87. The molecule has 1 aromatic heterocycles. The highest BCUT2D eigenvalue weighted by atomic mass is 79.9. The molecule has 4 nitrogen and oxygen atoms in total. The van der Waals surface area contributed by atoms with Crippen molar-refractivity contribution >= 4 is 49.1 Å². The molecule has 1 amide bonds. The molecular weight excluding hydrogens is 398 g/mol. The summed E-state index contributed by atoms with van der Waals surface area (Å²) in [5.74, 6) is -0.168. The van der Waals surface area contributed by atoms with Crippen molar-refractivity contribution in [1.29, 1.82) is 0 Å². The Morgan fingerprint density at radius 1 is 1.24 bits per heavy atom. The molecule has 0 aliphatic carbocycles. The van der Waals surface area contributed by atoms with Crippen LogP contribution >= 0.6 is 31.9 Å². The van der Waals surface area contributed by atoms with Crippen LogP contribution in [0.5, 0.6) is 0 Å². The Balaban J connectivity index is 2.20. The van der Waals surface area contributed by atoms with Gasteiger partial charge >= 0.3 is 0 Å². The maximum Gasteiger partial charge on any atom is 0.257 e. The second kappa shape index (κ2) is 7.56. The summed E-state index contributed by atoms with van der Waals surface area (Å²) in [6, 6.07) is 7.31. The Bertz CT molecular complexity index is 647. The largest absolute Gasteiger partial charge is 0.383 e. The highest BCUT2D eigenvalue weighted by molar-refractivity contribution is 9.11. The van der Waals surface area contributed by atoms with Crippen molar-refractivity contribution in [2.45, 2.75) is 13.3 Å². The van der Waals surface area contributed by atoms with E-state index >= 15 is 0 Å². The number of halogens is 2. The first-order chi connectivity index (χ1) is 10.1. The Morgan fingerprint density at radius 2 is 2.05 bits per heavy atom. The number of benzene rings is 1. The third kappa shape index (κ3) is 4.28. The van der Waals surface area contributed by atoms with Crippen molar-refractivity contribution in [3.63, 3.8) is 0 Å². The first-order valence-electron chi connectivity index (χ1n) is 6.56. The third-order valence-corrected chi connectivity index (χ3v) is 3.96. The van der Waals surface area contributed by atoms with Crippen molar-refractivity contribution in [3.05, 3.63) is 51.2 Å². The number of amides is 1. The Morgan fingerprint density at radius 3 is 2.76 bits per heavy atom. The Kier molecular flexibility index (Phi) is 5.76. The molecule has 0 aliphatic heterocycles. The summed E-state index contributed by atoms with van der Waals surface area (Å²) in [5.41, 5.74) is 2.04. The van der Waals surface area contributed by atoms with E-state index in [-0.39, 0.29) is 5.91 Å². The number of aromatic nitrogens is 1. The molecule has 0 fully saturated rings. The van der Waals surface area contributed by atoms with E-state index in [4.69, 9.17) is 0 Å². The fourth-order valence-corrected chi connectivity index (χ4v) is 2.92. The molecule has 6 heteroatoms. The second-order valence-corrected chi connectivity index (χ2v) is 6.20. The predicted octanol–water partition coefficient (Wildman–Crippen LogP) is 4.68. The minimum absolute atomic E-state index is 0.168. The van der Waals surface area contributed by atoms with E-state index in [9.17, 15) is 4.79 Å². The van der Waals surface area contributed by atoms with Gasteiger partial charge in [-0.25, -0.2) is 0 Å². The molecule has 2 rings (SSSR count). The van der Waals surface area contributed by atoms with Gasteiger partial charge in [0, 0.05) is 21.7 Å². The van der Waals surface area contributed by atoms with Crippen LogP contribution in [0.15, 0.2) is 45.6 Å². The van der Waals surface area contributed by atoms with Gasteiger partial charge in [-0.15, -0.1) is 0 Å². The lowest BCUT2D eigenvalue weighted by Crippen LogP contribution is -2.15. The summed E-state index contributed by atoms with van der Waals surface area (Å²) in [4.78, 5) is 16.5. The van der Waals surface area contributed by atoms with Crippen molar-refractivity contribution in [2.75, 3.05) is 17.2 Å². The smallest absolute Gasteiger partial charge is 0.257 e. The van der Waals surface area contributed by atoms with Crippen LogP contribution in [-0.4, -0.2) is 17.4 Å². The maximum atomic E-state index is 12.4. The number of hydrogen-bond donors (Lipinski definition) is 2. The molecule has 21 heavy (non-hydrogen) atoms. The summed E-state index contributed by atoms with van der Waals surface area (Å²) in [6.07, 6.45) is 4.26. The zero-order valence-electron chi connectivity index (χ0n) is 11.5. The molecule has 0 saturated heterocycles. The summed E-state index contributed by atoms with van der Waals surface area (Å²) >= 11 is 6.82. The highest BCUT2D eigenvalue weighted by Crippen LogP contribution is 2.27. The first-order valence-corrected chi connectivity index (χ1v) is 8.14. The van der Waals surface area contributed by atoms with Crippen LogP contribution in [0.2, 0.25) is 0 Å². The molecule has 0 saturated carbocycles. The van der Waals surface area contributed by atoms with Crippen molar-refractivity contribution in [3.8, 4) is 0 Å². The van der Waals surface area contributed by atoms with Gasteiger partial charge in [0.15, 0.2) is 0 Å². The molecule has 2 N–H and O–H groups in total. The van der Waals surface area contributed by atoms with Gasteiger partial charge in [0.05, 0.1) is 23.1 Å². The standard InChI is InChI=1S/C15H15Br2N3O/c1-2-6-19-14-9-18-7-5-11(14)15(21)20-13-4-3-10(16)8-12(13)17/h3-5,7-9,19H,2,6H2,1H3,(H,20,21). The summed E-state index contributed by atoms with van der Waals surface area (Å²) < 4.78 is 1.77. The van der Waals surface area contributed by atoms with Gasteiger partial charge in [-0.3, -0.25) is 9.78 Å². The van der Waals surface area contributed by atoms with Gasteiger partial charge < -0.3 is 10.6 Å². The van der Waals surface area contributed by atoms with Gasteiger partial charge in [-0.05, 0) is 46.6 Å². The minimum atomic E-state index is -0.168. The lowest BCUT2D eigenvalue weighted by atomic mass is 10.2. The van der Waals surface area contributed by atoms with E-state index in [0.29, 0.717) is 5.56 Å². The van der Waals surface area contributed by atoms with E-state index in [1.807, 2.05) is 18.2 Å². The molecule has 2 aromatic rings. The number of pyridine rings is 1. The van der Waals surface area contributed by atoms with E-state index in [0.717, 1.165) is 33.3 Å². The van der Waals surface area contributed by atoms with Crippen molar-refractivity contribution in [2.24, 2.45) is 0 Å². The van der Waals surface area contributed by atoms with E-state index < -0.39 is 0 Å². The number of hydrogen-bond acceptors (Lipinski definition) is 3. The predicted molar refractivity (Wildman–Crippen MR) is 92.8 cm³/mol. The monoisotopic (exact) mass is 411 g/mol. The van der Waals surface area contributed by atoms with Crippen LogP contribution in [0.1, 0.15) is 23.7 Å². The first kappa shape index (κ1) is 16.0. The van der Waals surface area contributed by atoms with Gasteiger partial charge in [-0.1, -0.05) is 22.9 Å². The number of nitrogens with zero attached hydrogens (tertiary/aromatic N) is 1. The van der Waals surface area contributed by atoms with Crippen molar-refractivity contribution < 1.29 is 4.79 Å². The highest BCUT2D eigenvalue weighted by Gasteiger charge is 2.12. The van der Waals surface area contributed by atoms with E-state index in [2.05, 4.69) is 54.4 Å². The van der Waals surface area contributed by atoms with Crippen LogP contribution < -0.4 is 10.6 Å². The van der Waals surface area contributed by atoms with Crippen LogP contribution in [0, 0.1) is 0 Å². The summed E-state index contributed by atoms with van der Waals surface area (Å²) in [5, 5.41) is 6.11. The molecule has 0 atom stereocenters. The maximum absolute atomic E-state index is 12.4. The molecule has 1 aromatic carbocycles. The van der Waals surface area contributed by atoms with Crippen molar-refractivity contribution in [1.82, 2.24) is 4.98 Å². The minimum Gasteiger partial charge on any atom is -0.383 e. The fraction of sp³-hybridized carbons (Fsp3) is 0.200. The zero-order valence-corrected chi connectivity index (χ0v) is 14.7. The second-order valence-electron chi connectivity index (χ2n) is 4.43. The fourth-order valence-electron chi connectivity index (χ4n) is 1.77. The molecule has 0 aliphatic rings. The molecule has 110 valence electrons. The average molecular weight is 413 g/mol. The van der Waals surface area contributed by atoms with Gasteiger partial charge in [0.2, 0.25) is 0 Å². The van der Waals surface area contributed by atoms with E-state index in [1.165, 1.54) is 0 Å². The molecule has 0 spiro atoms. The van der Waals surface area contributed by atoms with Crippen LogP contribution in [-0.2, 0) is 0 Å². The average Bonchev–Trinajstić information content (AvgIpc) is 2.48. The molecular formula is C15H15Br2N3O. The summed E-state index contributed by atoms with van der Waals surface area (Å²) in [7, 11) is 0. The Labute approximate surface area is 140 Å². The lowest BCUT2D eigenvalue weighted by molar-refractivity contribution is 0.102. The van der Waals surface area contributed by atoms with Gasteiger partial charge in [0.25, 0.3) is 5.91 Å². The number of nitrogens with one attached hydrogen (secondary N) is 2. The number of carbonyl (C=O) groups is 1. The van der Waals surface area contributed by atoms with Crippen LogP contribution in [0.25, 0.3) is 0 Å². The zero-order chi connectivity index (χ0) is 15.2. The Hall–Kier alpha value is -1.40. The number of rotatable bonds is 5.